The van der Waals surface area contributed by atoms with Crippen molar-refractivity contribution >= 4 is 12.4 Å². The number of pyridine rings is 1. The summed E-state index contributed by atoms with van der Waals surface area (Å²) in [4.78, 5) is 3.99. The van der Waals surface area contributed by atoms with Gasteiger partial charge in [-0.05, 0) is 19.8 Å². The lowest BCUT2D eigenvalue weighted by Crippen LogP contribution is -2.14. The fourth-order valence-electron chi connectivity index (χ4n) is 1.63. The fraction of sp³-hybridized carbons (Fsp3) is 0.417. The van der Waals surface area contributed by atoms with Gasteiger partial charge in [0.05, 0.1) is 12.3 Å². The average molecular weight is 259 g/mol. The molecule has 1 heterocycles. The Balaban J connectivity index is 0.00000256. The predicted molar refractivity (Wildman–Crippen MR) is 70.2 cm³/mol. The number of allylic oxidation sites excluding steroid dienone is 1. The highest BCUT2D eigenvalue weighted by molar-refractivity contribution is 5.85. The first-order chi connectivity index (χ1) is 7.61. The number of rotatable bonds is 5. The van der Waals surface area contributed by atoms with Crippen molar-refractivity contribution in [2.45, 2.75) is 32.4 Å². The summed E-state index contributed by atoms with van der Waals surface area (Å²) >= 11 is 0. The van der Waals surface area contributed by atoms with Crippen LogP contribution in [0.1, 0.15) is 35.7 Å². The van der Waals surface area contributed by atoms with E-state index in [9.17, 15) is 10.2 Å². The maximum atomic E-state index is 9.90. The monoisotopic (exact) mass is 258 g/mol. The molecule has 96 valence electrons. The van der Waals surface area contributed by atoms with E-state index in [0.29, 0.717) is 23.2 Å². The molecule has 0 radical (unpaired) electrons. The Morgan fingerprint density at radius 2 is 2.24 bits per heavy atom. The minimum Gasteiger partial charge on any atom is -0.506 e. The number of hydrogen-bond donors (Lipinski definition) is 3. The molecule has 0 aliphatic carbocycles. The number of aryl methyl sites for hydroxylation is 1. The van der Waals surface area contributed by atoms with Crippen molar-refractivity contribution in [1.29, 1.82) is 0 Å². The van der Waals surface area contributed by atoms with E-state index in [-0.39, 0.29) is 30.8 Å². The molecule has 5 heteroatoms. The van der Waals surface area contributed by atoms with Gasteiger partial charge in [-0.3, -0.25) is 4.98 Å². The summed E-state index contributed by atoms with van der Waals surface area (Å²) in [5.74, 6) is 0.0862. The Labute approximate surface area is 108 Å². The highest BCUT2D eigenvalue weighted by Crippen LogP contribution is 2.30. The molecule has 4 nitrogen and oxygen atoms in total. The van der Waals surface area contributed by atoms with Gasteiger partial charge in [0.25, 0.3) is 0 Å². The van der Waals surface area contributed by atoms with E-state index in [1.807, 2.05) is 0 Å². The van der Waals surface area contributed by atoms with Gasteiger partial charge in [-0.25, -0.2) is 0 Å². The van der Waals surface area contributed by atoms with Crippen molar-refractivity contribution in [3.05, 3.63) is 35.7 Å². The summed E-state index contributed by atoms with van der Waals surface area (Å²) in [6.45, 7) is 5.17. The molecule has 0 unspecified atom stereocenters. The number of halogens is 1. The summed E-state index contributed by atoms with van der Waals surface area (Å²) in [6, 6.07) is -0.304. The topological polar surface area (TPSA) is 79.4 Å². The lowest BCUT2D eigenvalue weighted by molar-refractivity contribution is 0.277. The van der Waals surface area contributed by atoms with E-state index in [1.165, 1.54) is 0 Å². The molecule has 1 aromatic rings. The third kappa shape index (κ3) is 3.70. The third-order valence-corrected chi connectivity index (χ3v) is 2.58. The summed E-state index contributed by atoms with van der Waals surface area (Å²) in [7, 11) is 0. The number of aliphatic hydroxyl groups is 1. The zero-order valence-corrected chi connectivity index (χ0v) is 10.7. The standard InChI is InChI=1S/C12H18N2O2.ClH/c1-3-4-5-10(13)11-9(7-15)6-14-8(2)12(11)16;/h3,6,10,15-16H,1,4-5,7,13H2,2H3;1H/t10-;/m0./s1. The molecule has 17 heavy (non-hydrogen) atoms. The number of hydrogen-bond acceptors (Lipinski definition) is 4. The predicted octanol–water partition coefficient (Wildman–Crippen LogP) is 1.98. The van der Waals surface area contributed by atoms with Crippen LogP contribution in [0.2, 0.25) is 0 Å². The molecule has 1 rings (SSSR count). The molecular weight excluding hydrogens is 240 g/mol. The van der Waals surface area contributed by atoms with Crippen LogP contribution >= 0.6 is 12.4 Å². The Hall–Kier alpha value is -1.10. The maximum absolute atomic E-state index is 9.90. The van der Waals surface area contributed by atoms with Crippen LogP contribution in [-0.4, -0.2) is 15.2 Å². The van der Waals surface area contributed by atoms with Crippen molar-refractivity contribution in [2.75, 3.05) is 0 Å². The smallest absolute Gasteiger partial charge is 0.141 e. The SMILES string of the molecule is C=CCC[C@H](N)c1c(CO)cnc(C)c1O.Cl. The van der Waals surface area contributed by atoms with Crippen LogP contribution in [0.3, 0.4) is 0 Å². The zero-order valence-electron chi connectivity index (χ0n) is 9.89. The van der Waals surface area contributed by atoms with Crippen LogP contribution in [0.25, 0.3) is 0 Å². The van der Waals surface area contributed by atoms with Crippen LogP contribution in [0.5, 0.6) is 5.75 Å². The van der Waals surface area contributed by atoms with Gasteiger partial charge in [0.2, 0.25) is 0 Å². The molecule has 0 fully saturated rings. The number of aromatic nitrogens is 1. The van der Waals surface area contributed by atoms with E-state index in [1.54, 1.807) is 19.2 Å². The number of nitrogens with zero attached hydrogens (tertiary/aromatic N) is 1. The van der Waals surface area contributed by atoms with E-state index in [2.05, 4.69) is 11.6 Å². The molecule has 0 spiro atoms. The third-order valence-electron chi connectivity index (χ3n) is 2.58. The largest absolute Gasteiger partial charge is 0.506 e. The van der Waals surface area contributed by atoms with Crippen LogP contribution < -0.4 is 5.73 Å². The molecule has 0 bridgehead atoms. The number of aromatic hydroxyl groups is 1. The summed E-state index contributed by atoms with van der Waals surface area (Å²) in [5.41, 5.74) is 7.69. The molecule has 1 atom stereocenters. The molecule has 0 aromatic carbocycles. The highest BCUT2D eigenvalue weighted by atomic mass is 35.5. The second kappa shape index (κ2) is 7.27. The van der Waals surface area contributed by atoms with Gasteiger partial charge in [-0.15, -0.1) is 19.0 Å². The first kappa shape index (κ1) is 15.9. The number of aliphatic hydroxyl groups excluding tert-OH is 1. The lowest BCUT2D eigenvalue weighted by atomic mass is 9.97. The van der Waals surface area contributed by atoms with Gasteiger partial charge >= 0.3 is 0 Å². The summed E-state index contributed by atoms with van der Waals surface area (Å²) < 4.78 is 0. The van der Waals surface area contributed by atoms with Crippen molar-refractivity contribution in [2.24, 2.45) is 5.73 Å². The van der Waals surface area contributed by atoms with Crippen molar-refractivity contribution in [3.63, 3.8) is 0 Å². The van der Waals surface area contributed by atoms with Crippen molar-refractivity contribution in [1.82, 2.24) is 4.98 Å². The molecule has 0 saturated carbocycles. The zero-order chi connectivity index (χ0) is 12.1. The molecule has 0 aliphatic rings. The van der Waals surface area contributed by atoms with Gasteiger partial charge < -0.3 is 15.9 Å². The van der Waals surface area contributed by atoms with Crippen LogP contribution in [0, 0.1) is 6.92 Å². The van der Waals surface area contributed by atoms with Gasteiger partial charge in [0.15, 0.2) is 0 Å². The van der Waals surface area contributed by atoms with Gasteiger partial charge in [-0.1, -0.05) is 6.08 Å². The van der Waals surface area contributed by atoms with Gasteiger partial charge in [0.1, 0.15) is 5.75 Å². The average Bonchev–Trinajstić information content (AvgIpc) is 2.29. The Bertz CT molecular complexity index is 383. The van der Waals surface area contributed by atoms with Gasteiger partial charge in [0, 0.05) is 23.4 Å². The first-order valence-corrected chi connectivity index (χ1v) is 5.26. The van der Waals surface area contributed by atoms with Crippen LogP contribution in [-0.2, 0) is 6.61 Å². The normalized spacial score (nSPS) is 11.7. The minimum absolute atomic E-state index is 0. The first-order valence-electron chi connectivity index (χ1n) is 5.26. The summed E-state index contributed by atoms with van der Waals surface area (Å²) in [6.07, 6.45) is 4.79. The quantitative estimate of drug-likeness (QED) is 0.706. The van der Waals surface area contributed by atoms with Crippen LogP contribution in [0.4, 0.5) is 0 Å². The molecule has 1 aromatic heterocycles. The van der Waals surface area contributed by atoms with E-state index >= 15 is 0 Å². The Kier molecular flexibility index (Phi) is 6.80. The van der Waals surface area contributed by atoms with Crippen LogP contribution in [0.15, 0.2) is 18.9 Å². The molecule has 0 amide bonds. The van der Waals surface area contributed by atoms with E-state index in [0.717, 1.165) is 6.42 Å². The minimum atomic E-state index is -0.304. The second-order valence-electron chi connectivity index (χ2n) is 3.76. The summed E-state index contributed by atoms with van der Waals surface area (Å²) in [5, 5.41) is 19.1. The maximum Gasteiger partial charge on any atom is 0.141 e. The van der Waals surface area contributed by atoms with E-state index < -0.39 is 0 Å². The Morgan fingerprint density at radius 3 is 2.76 bits per heavy atom. The second-order valence-corrected chi connectivity index (χ2v) is 3.76. The number of nitrogens with two attached hydrogens (primary N) is 1. The molecule has 0 saturated heterocycles. The highest BCUT2D eigenvalue weighted by Gasteiger charge is 2.17. The van der Waals surface area contributed by atoms with E-state index in [4.69, 9.17) is 5.73 Å². The Morgan fingerprint density at radius 1 is 1.59 bits per heavy atom. The van der Waals surface area contributed by atoms with Crippen molar-refractivity contribution < 1.29 is 10.2 Å². The van der Waals surface area contributed by atoms with Crippen molar-refractivity contribution in [3.8, 4) is 5.75 Å². The molecule has 4 N–H and O–H groups in total. The molecular formula is C12H19ClN2O2. The van der Waals surface area contributed by atoms with Gasteiger partial charge in [-0.2, -0.15) is 0 Å². The molecule has 0 aliphatic heterocycles. The lowest BCUT2D eigenvalue weighted by Gasteiger charge is -2.17. The fourth-order valence-corrected chi connectivity index (χ4v) is 1.63.